The van der Waals surface area contributed by atoms with E-state index in [1.165, 1.54) is 5.56 Å². The summed E-state index contributed by atoms with van der Waals surface area (Å²) < 4.78 is 7.81. The number of aryl methyl sites for hydroxylation is 1. The van der Waals surface area contributed by atoms with Gasteiger partial charge in [-0.25, -0.2) is 4.98 Å². The molecule has 0 aliphatic heterocycles. The number of benzene rings is 1. The second-order valence-corrected chi connectivity index (χ2v) is 7.16. The van der Waals surface area contributed by atoms with Crippen molar-refractivity contribution < 1.29 is 4.42 Å². The van der Waals surface area contributed by atoms with Gasteiger partial charge in [0, 0.05) is 24.5 Å². The van der Waals surface area contributed by atoms with Crippen molar-refractivity contribution in [2.45, 2.75) is 45.7 Å². The van der Waals surface area contributed by atoms with Crippen LogP contribution >= 0.6 is 0 Å². The van der Waals surface area contributed by atoms with E-state index in [0.717, 1.165) is 25.1 Å². The number of aromatic nitrogens is 4. The Balaban J connectivity index is 1.48. The summed E-state index contributed by atoms with van der Waals surface area (Å²) in [6.07, 6.45) is 6.61. The minimum absolute atomic E-state index is 0.138. The molecule has 0 unspecified atom stereocenters. The normalized spacial score (nSPS) is 11.8. The molecule has 2 aromatic heterocycles. The number of hydrogen-bond acceptors (Lipinski definition) is 5. The van der Waals surface area contributed by atoms with Crippen molar-refractivity contribution >= 4 is 0 Å². The van der Waals surface area contributed by atoms with E-state index < -0.39 is 0 Å². The monoisotopic (exact) mass is 339 g/mol. The van der Waals surface area contributed by atoms with Crippen LogP contribution in [0.5, 0.6) is 0 Å². The second-order valence-electron chi connectivity index (χ2n) is 7.16. The first kappa shape index (κ1) is 17.4. The van der Waals surface area contributed by atoms with Crippen LogP contribution in [-0.2, 0) is 18.5 Å². The van der Waals surface area contributed by atoms with Crippen LogP contribution in [0.2, 0.25) is 0 Å². The molecule has 0 atom stereocenters. The molecule has 132 valence electrons. The van der Waals surface area contributed by atoms with Crippen LogP contribution in [0, 0.1) is 0 Å². The second kappa shape index (κ2) is 7.61. The zero-order chi connectivity index (χ0) is 17.7. The average molecular weight is 339 g/mol. The fraction of sp³-hybridized carbons (Fsp3) is 0.421. The first-order valence-electron chi connectivity index (χ1n) is 8.62. The molecule has 0 aliphatic rings. The predicted molar refractivity (Wildman–Crippen MR) is 97.0 cm³/mol. The molecule has 0 spiro atoms. The molecule has 1 aromatic carbocycles. The van der Waals surface area contributed by atoms with E-state index in [-0.39, 0.29) is 5.41 Å². The van der Waals surface area contributed by atoms with Crippen LogP contribution in [0.1, 0.15) is 38.6 Å². The molecule has 0 bridgehead atoms. The highest BCUT2D eigenvalue weighted by atomic mass is 16.4. The van der Waals surface area contributed by atoms with Gasteiger partial charge in [-0.15, -0.1) is 10.2 Å². The smallest absolute Gasteiger partial charge is 0.247 e. The SMILES string of the molecule is CC(C)(C)c1ccc(-c2nnc(CNCCCn3ccnc3)o2)cc1. The van der Waals surface area contributed by atoms with Crippen LogP contribution in [-0.4, -0.2) is 26.3 Å². The molecule has 6 nitrogen and oxygen atoms in total. The van der Waals surface area contributed by atoms with E-state index in [9.17, 15) is 0 Å². The van der Waals surface area contributed by atoms with Gasteiger partial charge in [-0.3, -0.25) is 0 Å². The van der Waals surface area contributed by atoms with Gasteiger partial charge in [-0.2, -0.15) is 0 Å². The van der Waals surface area contributed by atoms with E-state index in [1.54, 1.807) is 6.20 Å². The first-order valence-corrected chi connectivity index (χ1v) is 8.62. The molecule has 0 saturated heterocycles. The Morgan fingerprint density at radius 1 is 1.12 bits per heavy atom. The number of nitrogens with zero attached hydrogens (tertiary/aromatic N) is 4. The Bertz CT molecular complexity index is 769. The summed E-state index contributed by atoms with van der Waals surface area (Å²) in [5, 5.41) is 11.6. The molecule has 0 saturated carbocycles. The van der Waals surface area contributed by atoms with Gasteiger partial charge in [-0.1, -0.05) is 32.9 Å². The third-order valence-corrected chi connectivity index (χ3v) is 4.07. The van der Waals surface area contributed by atoms with E-state index in [4.69, 9.17) is 4.42 Å². The van der Waals surface area contributed by atoms with Gasteiger partial charge in [0.2, 0.25) is 11.8 Å². The summed E-state index contributed by atoms with van der Waals surface area (Å²) >= 11 is 0. The molecule has 0 fully saturated rings. The number of rotatable bonds is 7. The Morgan fingerprint density at radius 3 is 2.60 bits per heavy atom. The van der Waals surface area contributed by atoms with Crippen molar-refractivity contribution in [3.63, 3.8) is 0 Å². The Kier molecular flexibility index (Phi) is 5.28. The Morgan fingerprint density at radius 2 is 1.92 bits per heavy atom. The van der Waals surface area contributed by atoms with Crippen molar-refractivity contribution in [2.24, 2.45) is 0 Å². The summed E-state index contributed by atoms with van der Waals surface area (Å²) in [4.78, 5) is 4.03. The van der Waals surface area contributed by atoms with E-state index in [2.05, 4.69) is 58.0 Å². The maximum Gasteiger partial charge on any atom is 0.247 e. The summed E-state index contributed by atoms with van der Waals surface area (Å²) in [5.41, 5.74) is 2.38. The number of imidazole rings is 1. The molecule has 6 heteroatoms. The zero-order valence-corrected chi connectivity index (χ0v) is 15.1. The third kappa shape index (κ3) is 4.76. The van der Waals surface area contributed by atoms with Crippen molar-refractivity contribution in [1.29, 1.82) is 0 Å². The molecule has 2 heterocycles. The van der Waals surface area contributed by atoms with E-state index in [0.29, 0.717) is 18.3 Å². The third-order valence-electron chi connectivity index (χ3n) is 4.07. The van der Waals surface area contributed by atoms with Crippen LogP contribution in [0.15, 0.2) is 47.4 Å². The zero-order valence-electron chi connectivity index (χ0n) is 15.1. The van der Waals surface area contributed by atoms with Crippen LogP contribution in [0.4, 0.5) is 0 Å². The number of hydrogen-bond donors (Lipinski definition) is 1. The molecule has 25 heavy (non-hydrogen) atoms. The van der Waals surface area contributed by atoms with Gasteiger partial charge in [-0.05, 0) is 36.1 Å². The molecule has 0 aliphatic carbocycles. The molecule has 0 amide bonds. The quantitative estimate of drug-likeness (QED) is 0.668. The minimum atomic E-state index is 0.138. The Labute approximate surface area is 148 Å². The minimum Gasteiger partial charge on any atom is -0.419 e. The van der Waals surface area contributed by atoms with Crippen LogP contribution < -0.4 is 5.32 Å². The molecular weight excluding hydrogens is 314 g/mol. The lowest BCUT2D eigenvalue weighted by Crippen LogP contribution is -2.16. The molecule has 3 aromatic rings. The van der Waals surface area contributed by atoms with Gasteiger partial charge in [0.25, 0.3) is 0 Å². The number of nitrogens with one attached hydrogen (secondary N) is 1. The predicted octanol–water partition coefficient (Wildman–Crippen LogP) is 3.41. The highest BCUT2D eigenvalue weighted by Crippen LogP contribution is 2.25. The maximum absolute atomic E-state index is 5.75. The standard InChI is InChI=1S/C19H25N5O/c1-19(2,3)16-7-5-15(6-8-16)18-23-22-17(25-18)13-20-9-4-11-24-12-10-21-14-24/h5-8,10,12,14,20H,4,9,11,13H2,1-3H3. The molecule has 3 rings (SSSR count). The Hall–Kier alpha value is -2.47. The van der Waals surface area contributed by atoms with Crippen molar-refractivity contribution in [3.8, 4) is 11.5 Å². The lowest BCUT2D eigenvalue weighted by Gasteiger charge is -2.18. The van der Waals surface area contributed by atoms with Gasteiger partial charge in [0.15, 0.2) is 0 Å². The van der Waals surface area contributed by atoms with Gasteiger partial charge >= 0.3 is 0 Å². The van der Waals surface area contributed by atoms with Crippen molar-refractivity contribution in [3.05, 3.63) is 54.4 Å². The summed E-state index contributed by atoms with van der Waals surface area (Å²) in [6, 6.07) is 8.31. The van der Waals surface area contributed by atoms with E-state index >= 15 is 0 Å². The van der Waals surface area contributed by atoms with Crippen molar-refractivity contribution in [2.75, 3.05) is 6.54 Å². The molecular formula is C19H25N5O. The van der Waals surface area contributed by atoms with Gasteiger partial charge < -0.3 is 14.3 Å². The van der Waals surface area contributed by atoms with Gasteiger partial charge in [0.05, 0.1) is 12.9 Å². The summed E-state index contributed by atoms with van der Waals surface area (Å²) in [6.45, 7) is 9.01. The topological polar surface area (TPSA) is 68.8 Å². The van der Waals surface area contributed by atoms with E-state index in [1.807, 2.05) is 24.7 Å². The summed E-state index contributed by atoms with van der Waals surface area (Å²) in [5.74, 6) is 1.17. The fourth-order valence-corrected chi connectivity index (χ4v) is 2.56. The highest BCUT2D eigenvalue weighted by molar-refractivity contribution is 5.53. The highest BCUT2D eigenvalue weighted by Gasteiger charge is 2.14. The largest absolute Gasteiger partial charge is 0.419 e. The average Bonchev–Trinajstić information content (AvgIpc) is 3.25. The summed E-state index contributed by atoms with van der Waals surface area (Å²) in [7, 11) is 0. The first-order chi connectivity index (χ1) is 12.0. The fourth-order valence-electron chi connectivity index (χ4n) is 2.56. The van der Waals surface area contributed by atoms with Crippen LogP contribution in [0.3, 0.4) is 0 Å². The van der Waals surface area contributed by atoms with Crippen LogP contribution in [0.25, 0.3) is 11.5 Å². The van der Waals surface area contributed by atoms with Crippen molar-refractivity contribution in [1.82, 2.24) is 25.1 Å². The van der Waals surface area contributed by atoms with Gasteiger partial charge in [0.1, 0.15) is 0 Å². The maximum atomic E-state index is 5.75. The molecule has 1 N–H and O–H groups in total. The lowest BCUT2D eigenvalue weighted by atomic mass is 9.87. The lowest BCUT2D eigenvalue weighted by molar-refractivity contribution is 0.470. The molecule has 0 radical (unpaired) electrons.